The number of rotatable bonds is 2. The third-order valence-electron chi connectivity index (χ3n) is 3.31. The second-order valence-corrected chi connectivity index (χ2v) is 5.39. The Morgan fingerprint density at radius 3 is 2.79 bits per heavy atom. The van der Waals surface area contributed by atoms with Gasteiger partial charge in [0.1, 0.15) is 5.75 Å². The summed E-state index contributed by atoms with van der Waals surface area (Å²) in [6, 6.07) is 5.90. The van der Waals surface area contributed by atoms with E-state index < -0.39 is 0 Å². The van der Waals surface area contributed by atoms with Crippen LogP contribution >= 0.6 is 11.3 Å². The summed E-state index contributed by atoms with van der Waals surface area (Å²) in [4.78, 5) is 5.70. The van der Waals surface area contributed by atoms with E-state index in [1.807, 2.05) is 32.2 Å². The van der Waals surface area contributed by atoms with E-state index in [0.717, 1.165) is 38.7 Å². The monoisotopic (exact) mass is 273 g/mol. The van der Waals surface area contributed by atoms with Gasteiger partial charge in [-0.15, -0.1) is 11.3 Å². The van der Waals surface area contributed by atoms with Gasteiger partial charge in [0, 0.05) is 13.1 Å². The Morgan fingerprint density at radius 1 is 1.37 bits per heavy atom. The zero-order valence-corrected chi connectivity index (χ0v) is 11.9. The lowest BCUT2D eigenvalue weighted by Gasteiger charge is -2.02. The van der Waals surface area contributed by atoms with E-state index in [1.54, 1.807) is 18.4 Å². The van der Waals surface area contributed by atoms with E-state index in [4.69, 9.17) is 10.5 Å². The maximum Gasteiger partial charge on any atom is 0.153 e. The molecule has 5 heteroatoms. The second kappa shape index (κ2) is 4.28. The van der Waals surface area contributed by atoms with Crippen molar-refractivity contribution in [1.29, 1.82) is 0 Å². The van der Waals surface area contributed by atoms with Crippen molar-refractivity contribution in [1.82, 2.24) is 9.55 Å². The molecule has 0 aliphatic rings. The van der Waals surface area contributed by atoms with Crippen molar-refractivity contribution in [3.8, 4) is 16.5 Å². The van der Waals surface area contributed by atoms with Gasteiger partial charge in [0.25, 0.3) is 0 Å². The number of thiophene rings is 1. The fourth-order valence-corrected chi connectivity index (χ4v) is 3.13. The van der Waals surface area contributed by atoms with Crippen molar-refractivity contribution in [2.24, 2.45) is 7.05 Å². The molecule has 0 unspecified atom stereocenters. The SMILES string of the molecule is COc1ccc2c(c1)nc(-c1scc(C)c1N)n2C. The van der Waals surface area contributed by atoms with Gasteiger partial charge in [-0.05, 0) is 30.0 Å². The zero-order valence-electron chi connectivity index (χ0n) is 11.1. The summed E-state index contributed by atoms with van der Waals surface area (Å²) in [7, 11) is 3.66. The molecule has 19 heavy (non-hydrogen) atoms. The normalized spacial score (nSPS) is 11.1. The van der Waals surface area contributed by atoms with Crippen molar-refractivity contribution >= 4 is 28.1 Å². The van der Waals surface area contributed by atoms with Crippen LogP contribution in [0.3, 0.4) is 0 Å². The number of fused-ring (bicyclic) bond motifs is 1. The van der Waals surface area contributed by atoms with Crippen LogP contribution in [0.25, 0.3) is 21.7 Å². The number of hydrogen-bond donors (Lipinski definition) is 1. The van der Waals surface area contributed by atoms with Gasteiger partial charge in [0.15, 0.2) is 5.82 Å². The van der Waals surface area contributed by atoms with E-state index in [1.165, 1.54) is 0 Å². The molecule has 2 aromatic heterocycles. The van der Waals surface area contributed by atoms with Crippen LogP contribution in [0.15, 0.2) is 23.6 Å². The van der Waals surface area contributed by atoms with Crippen LogP contribution < -0.4 is 10.5 Å². The fraction of sp³-hybridized carbons (Fsp3) is 0.214. The summed E-state index contributed by atoms with van der Waals surface area (Å²) in [5.74, 6) is 1.71. The molecule has 98 valence electrons. The third-order valence-corrected chi connectivity index (χ3v) is 4.42. The maximum absolute atomic E-state index is 6.11. The van der Waals surface area contributed by atoms with Crippen LogP contribution in [0, 0.1) is 6.92 Å². The van der Waals surface area contributed by atoms with E-state index in [9.17, 15) is 0 Å². The number of anilines is 1. The molecule has 0 amide bonds. The molecule has 1 aromatic carbocycles. The average molecular weight is 273 g/mol. The van der Waals surface area contributed by atoms with Crippen molar-refractivity contribution in [3.05, 3.63) is 29.1 Å². The molecule has 0 saturated carbocycles. The van der Waals surface area contributed by atoms with Gasteiger partial charge in [-0.1, -0.05) is 0 Å². The minimum absolute atomic E-state index is 0.812. The molecule has 0 fully saturated rings. The molecule has 0 bridgehead atoms. The van der Waals surface area contributed by atoms with Crippen LogP contribution in [0.5, 0.6) is 5.75 Å². The van der Waals surface area contributed by atoms with Crippen LogP contribution in [-0.2, 0) is 7.05 Å². The molecule has 3 rings (SSSR count). The molecule has 0 aliphatic carbocycles. The minimum atomic E-state index is 0.812. The Bertz CT molecular complexity index is 757. The standard InChI is InChI=1S/C14H15N3OS/c1-8-7-19-13(12(8)15)14-16-10-6-9(18-3)4-5-11(10)17(14)2/h4-7H,15H2,1-3H3. The Morgan fingerprint density at radius 2 is 2.16 bits per heavy atom. The Labute approximate surface area is 115 Å². The number of methoxy groups -OCH3 is 1. The van der Waals surface area contributed by atoms with Crippen LogP contribution in [0.2, 0.25) is 0 Å². The molecule has 2 heterocycles. The number of nitrogens with two attached hydrogens (primary N) is 1. The quantitative estimate of drug-likeness (QED) is 0.780. The summed E-state index contributed by atoms with van der Waals surface area (Å²) in [5.41, 5.74) is 10.0. The average Bonchev–Trinajstić information content (AvgIpc) is 2.91. The Hall–Kier alpha value is -2.01. The largest absolute Gasteiger partial charge is 0.497 e. The van der Waals surface area contributed by atoms with Gasteiger partial charge in [0.05, 0.1) is 28.7 Å². The third kappa shape index (κ3) is 1.77. The summed E-state index contributed by atoms with van der Waals surface area (Å²) < 4.78 is 7.30. The lowest BCUT2D eigenvalue weighted by Crippen LogP contribution is -1.94. The van der Waals surface area contributed by atoms with Gasteiger partial charge in [0.2, 0.25) is 0 Å². The van der Waals surface area contributed by atoms with Crippen molar-refractivity contribution in [2.45, 2.75) is 6.92 Å². The van der Waals surface area contributed by atoms with E-state index in [-0.39, 0.29) is 0 Å². The summed E-state index contributed by atoms with van der Waals surface area (Å²) in [5, 5.41) is 2.06. The lowest BCUT2D eigenvalue weighted by atomic mass is 10.3. The Kier molecular flexibility index (Phi) is 2.71. The van der Waals surface area contributed by atoms with Gasteiger partial charge in [-0.3, -0.25) is 0 Å². The molecular weight excluding hydrogens is 258 g/mol. The summed E-state index contributed by atoms with van der Waals surface area (Å²) in [6.45, 7) is 2.01. The minimum Gasteiger partial charge on any atom is -0.497 e. The van der Waals surface area contributed by atoms with E-state index in [0.29, 0.717) is 0 Å². The smallest absolute Gasteiger partial charge is 0.153 e. The van der Waals surface area contributed by atoms with Gasteiger partial charge < -0.3 is 15.0 Å². The van der Waals surface area contributed by atoms with Crippen molar-refractivity contribution in [3.63, 3.8) is 0 Å². The highest BCUT2D eigenvalue weighted by Crippen LogP contribution is 2.35. The number of ether oxygens (including phenoxy) is 1. The number of aromatic nitrogens is 2. The number of imidazole rings is 1. The summed E-state index contributed by atoms with van der Waals surface area (Å²) in [6.07, 6.45) is 0. The highest BCUT2D eigenvalue weighted by molar-refractivity contribution is 7.14. The van der Waals surface area contributed by atoms with Crippen LogP contribution in [0.1, 0.15) is 5.56 Å². The number of nitrogens with zero attached hydrogens (tertiary/aromatic N) is 2. The van der Waals surface area contributed by atoms with Gasteiger partial charge in [-0.2, -0.15) is 0 Å². The first-order chi connectivity index (χ1) is 9.11. The molecule has 4 nitrogen and oxygen atoms in total. The number of nitrogen functional groups attached to an aromatic ring is 1. The lowest BCUT2D eigenvalue weighted by molar-refractivity contribution is 0.415. The molecule has 0 saturated heterocycles. The Balaban J connectivity index is 2.25. The van der Waals surface area contributed by atoms with E-state index in [2.05, 4.69) is 14.9 Å². The summed E-state index contributed by atoms with van der Waals surface area (Å²) >= 11 is 1.63. The van der Waals surface area contributed by atoms with Crippen LogP contribution in [0.4, 0.5) is 5.69 Å². The molecule has 3 aromatic rings. The predicted octanol–water partition coefficient (Wildman–Crippen LogP) is 3.20. The van der Waals surface area contributed by atoms with Crippen molar-refractivity contribution < 1.29 is 4.74 Å². The fourth-order valence-electron chi connectivity index (χ4n) is 2.14. The van der Waals surface area contributed by atoms with Gasteiger partial charge in [-0.25, -0.2) is 4.98 Å². The second-order valence-electron chi connectivity index (χ2n) is 4.51. The first-order valence-corrected chi connectivity index (χ1v) is 6.84. The predicted molar refractivity (Wildman–Crippen MR) is 79.7 cm³/mol. The topological polar surface area (TPSA) is 53.1 Å². The molecular formula is C14H15N3OS. The number of aryl methyl sites for hydroxylation is 2. The molecule has 2 N–H and O–H groups in total. The zero-order chi connectivity index (χ0) is 13.6. The first kappa shape index (κ1) is 12.0. The van der Waals surface area contributed by atoms with Crippen molar-refractivity contribution in [2.75, 3.05) is 12.8 Å². The highest BCUT2D eigenvalue weighted by atomic mass is 32.1. The van der Waals surface area contributed by atoms with E-state index >= 15 is 0 Å². The van der Waals surface area contributed by atoms with Gasteiger partial charge >= 0.3 is 0 Å². The maximum atomic E-state index is 6.11. The first-order valence-electron chi connectivity index (χ1n) is 5.96. The number of hydrogen-bond acceptors (Lipinski definition) is 4. The molecule has 0 atom stereocenters. The molecule has 0 radical (unpaired) electrons. The molecule has 0 aliphatic heterocycles. The number of benzene rings is 1. The van der Waals surface area contributed by atoms with Crippen LogP contribution in [-0.4, -0.2) is 16.7 Å². The highest BCUT2D eigenvalue weighted by Gasteiger charge is 2.15. The molecule has 0 spiro atoms.